The fraction of sp³-hybridized carbons (Fsp3) is 0.778. The van der Waals surface area contributed by atoms with Crippen molar-refractivity contribution in [2.24, 2.45) is 17.8 Å². The number of rotatable bonds is 11. The summed E-state index contributed by atoms with van der Waals surface area (Å²) in [6, 6.07) is 2.13. The Labute approximate surface area is 145 Å². The summed E-state index contributed by atoms with van der Waals surface area (Å²) in [5.74, 6) is -1.13. The molecule has 1 N–H and O–H groups in total. The van der Waals surface area contributed by atoms with Gasteiger partial charge in [-0.2, -0.15) is 5.26 Å². The monoisotopic (exact) mass is 338 g/mol. The highest BCUT2D eigenvalue weighted by Crippen LogP contribution is 2.28. The predicted octanol–water partition coefficient (Wildman–Crippen LogP) is 2.26. The van der Waals surface area contributed by atoms with Gasteiger partial charge in [0.25, 0.3) is 0 Å². The molecule has 0 spiro atoms. The van der Waals surface area contributed by atoms with Crippen LogP contribution in [-0.2, 0) is 19.0 Å². The smallest absolute Gasteiger partial charge is 0.323 e. The Balaban J connectivity index is 2.53. The van der Waals surface area contributed by atoms with Crippen LogP contribution >= 0.6 is 0 Å². The van der Waals surface area contributed by atoms with Crippen LogP contribution in [-0.4, -0.2) is 46.6 Å². The minimum atomic E-state index is -0.740. The molecular weight excluding hydrogens is 308 g/mol. The molecule has 0 heterocycles. The molecule has 0 bridgehead atoms. The second-order valence-corrected chi connectivity index (χ2v) is 6.32. The zero-order chi connectivity index (χ0) is 17.8. The fourth-order valence-corrected chi connectivity index (χ4v) is 2.80. The minimum absolute atomic E-state index is 0.0843. The Morgan fingerprint density at radius 2 is 2.21 bits per heavy atom. The molecule has 1 rings (SSSR count). The van der Waals surface area contributed by atoms with Gasteiger partial charge < -0.3 is 19.5 Å². The lowest BCUT2D eigenvalue weighted by Gasteiger charge is -2.25. The van der Waals surface area contributed by atoms with Crippen LogP contribution in [0.5, 0.6) is 0 Å². The SMILES string of the molecule is COCCCNC1=CC(C(C#N)C(=O)OCC(C)COC)CCC1. The average Bonchev–Trinajstić information content (AvgIpc) is 2.58. The number of hydrogen-bond donors (Lipinski definition) is 1. The first-order valence-electron chi connectivity index (χ1n) is 8.61. The lowest BCUT2D eigenvalue weighted by atomic mass is 9.84. The molecule has 24 heavy (non-hydrogen) atoms. The van der Waals surface area contributed by atoms with Crippen molar-refractivity contribution >= 4 is 5.97 Å². The van der Waals surface area contributed by atoms with Crippen LogP contribution in [0.1, 0.15) is 32.6 Å². The van der Waals surface area contributed by atoms with Crippen molar-refractivity contribution in [3.63, 3.8) is 0 Å². The Morgan fingerprint density at radius 3 is 2.88 bits per heavy atom. The number of methoxy groups -OCH3 is 2. The molecule has 1 aliphatic carbocycles. The van der Waals surface area contributed by atoms with E-state index in [1.165, 1.54) is 0 Å². The number of carbonyl (C=O) groups excluding carboxylic acids is 1. The van der Waals surface area contributed by atoms with Crippen molar-refractivity contribution < 1.29 is 19.0 Å². The van der Waals surface area contributed by atoms with E-state index in [9.17, 15) is 10.1 Å². The Morgan fingerprint density at radius 1 is 1.42 bits per heavy atom. The van der Waals surface area contributed by atoms with E-state index >= 15 is 0 Å². The van der Waals surface area contributed by atoms with Gasteiger partial charge in [-0.15, -0.1) is 0 Å². The number of allylic oxidation sites excluding steroid dienone is 2. The van der Waals surface area contributed by atoms with Crippen molar-refractivity contribution in [1.29, 1.82) is 5.26 Å². The summed E-state index contributed by atoms with van der Waals surface area (Å²) in [6.07, 6.45) is 5.73. The summed E-state index contributed by atoms with van der Waals surface area (Å²) >= 11 is 0. The van der Waals surface area contributed by atoms with Crippen molar-refractivity contribution in [2.45, 2.75) is 32.6 Å². The van der Waals surface area contributed by atoms with Crippen LogP contribution in [0.15, 0.2) is 11.8 Å². The van der Waals surface area contributed by atoms with Gasteiger partial charge in [0.15, 0.2) is 0 Å². The van der Waals surface area contributed by atoms with Crippen molar-refractivity contribution in [3.05, 3.63) is 11.8 Å². The minimum Gasteiger partial charge on any atom is -0.464 e. The molecule has 0 aromatic carbocycles. The topological polar surface area (TPSA) is 80.6 Å². The standard InChI is InChI=1S/C18H30N2O4/c1-14(12-23-3)13-24-18(21)17(11-19)15-6-4-7-16(10-15)20-8-5-9-22-2/h10,14-15,17,20H,4-9,12-13H2,1-3H3. The zero-order valence-corrected chi connectivity index (χ0v) is 15.0. The van der Waals surface area contributed by atoms with E-state index in [0.717, 1.165) is 44.5 Å². The Bertz CT molecular complexity index is 445. The van der Waals surface area contributed by atoms with Gasteiger partial charge in [0.1, 0.15) is 5.92 Å². The van der Waals surface area contributed by atoms with Gasteiger partial charge in [-0.1, -0.05) is 13.0 Å². The molecule has 0 fully saturated rings. The van der Waals surface area contributed by atoms with Crippen LogP contribution in [0.25, 0.3) is 0 Å². The predicted molar refractivity (Wildman–Crippen MR) is 91.0 cm³/mol. The van der Waals surface area contributed by atoms with Gasteiger partial charge in [0.2, 0.25) is 0 Å². The summed E-state index contributed by atoms with van der Waals surface area (Å²) in [5.41, 5.74) is 1.11. The second-order valence-electron chi connectivity index (χ2n) is 6.32. The normalized spacial score (nSPS) is 19.8. The molecule has 0 aromatic rings. The highest BCUT2D eigenvalue weighted by molar-refractivity contribution is 5.76. The second kappa shape index (κ2) is 11.9. The van der Waals surface area contributed by atoms with E-state index in [4.69, 9.17) is 14.2 Å². The summed E-state index contributed by atoms with van der Waals surface area (Å²) < 4.78 is 15.4. The number of nitriles is 1. The molecule has 3 unspecified atom stereocenters. The third-order valence-corrected chi connectivity index (χ3v) is 4.06. The van der Waals surface area contributed by atoms with E-state index < -0.39 is 11.9 Å². The van der Waals surface area contributed by atoms with Gasteiger partial charge in [-0.05, 0) is 25.7 Å². The molecule has 136 valence electrons. The molecule has 0 saturated carbocycles. The maximum absolute atomic E-state index is 12.2. The number of nitrogens with one attached hydrogen (secondary N) is 1. The zero-order valence-electron chi connectivity index (χ0n) is 15.0. The highest BCUT2D eigenvalue weighted by Gasteiger charge is 2.30. The summed E-state index contributed by atoms with van der Waals surface area (Å²) in [4.78, 5) is 12.2. The molecule has 6 nitrogen and oxygen atoms in total. The number of ether oxygens (including phenoxy) is 3. The van der Waals surface area contributed by atoms with E-state index in [0.29, 0.717) is 6.61 Å². The molecule has 3 atom stereocenters. The average molecular weight is 338 g/mol. The number of nitrogens with zero attached hydrogens (tertiary/aromatic N) is 1. The lowest BCUT2D eigenvalue weighted by Crippen LogP contribution is -2.29. The first-order chi connectivity index (χ1) is 11.6. The van der Waals surface area contributed by atoms with Crippen molar-refractivity contribution in [3.8, 4) is 6.07 Å². The van der Waals surface area contributed by atoms with Gasteiger partial charge in [0, 0.05) is 44.9 Å². The Hall–Kier alpha value is -1.58. The van der Waals surface area contributed by atoms with Crippen LogP contribution in [0.3, 0.4) is 0 Å². The first kappa shape index (κ1) is 20.5. The molecule has 0 aliphatic heterocycles. The van der Waals surface area contributed by atoms with Gasteiger partial charge in [0.05, 0.1) is 19.3 Å². The van der Waals surface area contributed by atoms with Crippen LogP contribution in [0, 0.1) is 29.1 Å². The summed E-state index contributed by atoms with van der Waals surface area (Å²) in [5, 5.41) is 12.8. The largest absolute Gasteiger partial charge is 0.464 e. The van der Waals surface area contributed by atoms with Gasteiger partial charge >= 0.3 is 5.97 Å². The highest BCUT2D eigenvalue weighted by atomic mass is 16.5. The van der Waals surface area contributed by atoms with Crippen molar-refractivity contribution in [2.75, 3.05) is 40.6 Å². The van der Waals surface area contributed by atoms with Crippen LogP contribution < -0.4 is 5.32 Å². The maximum Gasteiger partial charge on any atom is 0.323 e. The van der Waals surface area contributed by atoms with Crippen LogP contribution in [0.2, 0.25) is 0 Å². The molecule has 6 heteroatoms. The van der Waals surface area contributed by atoms with Gasteiger partial charge in [-0.3, -0.25) is 4.79 Å². The van der Waals surface area contributed by atoms with E-state index in [2.05, 4.69) is 11.4 Å². The summed E-state index contributed by atoms with van der Waals surface area (Å²) in [6.45, 7) is 4.31. The molecule has 0 aromatic heterocycles. The first-order valence-corrected chi connectivity index (χ1v) is 8.61. The molecule has 0 amide bonds. The quantitative estimate of drug-likeness (QED) is 0.460. The number of hydrogen-bond acceptors (Lipinski definition) is 6. The molecular formula is C18H30N2O4. The summed E-state index contributed by atoms with van der Waals surface area (Å²) in [7, 11) is 3.30. The lowest BCUT2D eigenvalue weighted by molar-refractivity contribution is -0.149. The third-order valence-electron chi connectivity index (χ3n) is 4.06. The molecule has 0 saturated heterocycles. The van der Waals surface area contributed by atoms with Crippen molar-refractivity contribution in [1.82, 2.24) is 5.32 Å². The number of carbonyl (C=O) groups is 1. The van der Waals surface area contributed by atoms with E-state index in [1.54, 1.807) is 14.2 Å². The van der Waals surface area contributed by atoms with E-state index in [1.807, 2.05) is 13.0 Å². The van der Waals surface area contributed by atoms with E-state index in [-0.39, 0.29) is 18.4 Å². The fourth-order valence-electron chi connectivity index (χ4n) is 2.80. The number of esters is 1. The van der Waals surface area contributed by atoms with Crippen LogP contribution in [0.4, 0.5) is 0 Å². The maximum atomic E-state index is 12.2. The third kappa shape index (κ3) is 7.33. The van der Waals surface area contributed by atoms with Gasteiger partial charge in [-0.25, -0.2) is 0 Å². The molecule has 0 radical (unpaired) electrons. The Kier molecular flexibility index (Phi) is 10.1. The molecule has 1 aliphatic rings.